The van der Waals surface area contributed by atoms with Crippen molar-refractivity contribution in [2.45, 2.75) is 31.6 Å². The summed E-state index contributed by atoms with van der Waals surface area (Å²) in [5, 5.41) is 3.27. The lowest BCUT2D eigenvalue weighted by Crippen LogP contribution is -2.40. The smallest absolute Gasteiger partial charge is 0.234 e. The van der Waals surface area contributed by atoms with E-state index in [0.29, 0.717) is 45.1 Å². The summed E-state index contributed by atoms with van der Waals surface area (Å²) < 4.78 is 27.8. The minimum Gasteiger partial charge on any atom is -0.323 e. The molecular weight excluding hydrogens is 517 g/mol. The summed E-state index contributed by atoms with van der Waals surface area (Å²) >= 11 is 12.7. The van der Waals surface area contributed by atoms with Crippen LogP contribution in [0.1, 0.15) is 42.7 Å². The summed E-state index contributed by atoms with van der Waals surface area (Å²) in [5.41, 5.74) is 2.95. The zero-order valence-electron chi connectivity index (χ0n) is 19.8. The summed E-state index contributed by atoms with van der Waals surface area (Å²) in [5.74, 6) is -4.08. The van der Waals surface area contributed by atoms with Gasteiger partial charge in [0.1, 0.15) is 11.6 Å². The molecule has 1 aliphatic heterocycles. The van der Waals surface area contributed by atoms with E-state index in [-0.39, 0.29) is 23.8 Å². The van der Waals surface area contributed by atoms with Crippen LogP contribution in [0.15, 0.2) is 83.0 Å². The molecule has 1 amide bonds. The second-order valence-electron chi connectivity index (χ2n) is 9.29. The normalized spacial score (nSPS) is 21.4. The number of hydrogen-bond donors (Lipinski definition) is 1. The Morgan fingerprint density at radius 3 is 2.46 bits per heavy atom. The molecule has 8 heteroatoms. The standard InChI is InChI=1S/C29H22Cl2F2N2O2/c1-15-26(29(37)35-23-10-8-19(32)14-22(23)33)27(20-9-7-18(30)13-21(20)31)28-24(34-15)11-17(12-25(28)36)16-5-3-2-4-6-16/h2-10,13-14,17,26-27H,11-12H2,1H3,(H,35,37)/t17-,26?,27-/m1/s1. The van der Waals surface area contributed by atoms with Gasteiger partial charge in [0.25, 0.3) is 0 Å². The Morgan fingerprint density at radius 1 is 1.00 bits per heavy atom. The number of ketones is 1. The summed E-state index contributed by atoms with van der Waals surface area (Å²) in [6.45, 7) is 1.71. The van der Waals surface area contributed by atoms with Gasteiger partial charge in [-0.25, -0.2) is 8.78 Å². The lowest BCUT2D eigenvalue weighted by atomic mass is 9.69. The SMILES string of the molecule is CC1=NC2=C(C(=O)C[C@H](c3ccccc3)C2)[C@H](c2ccc(Cl)cc2Cl)C1C(=O)Nc1ccc(F)cc1F. The van der Waals surface area contributed by atoms with Gasteiger partial charge in [-0.1, -0.05) is 59.6 Å². The van der Waals surface area contributed by atoms with Gasteiger partial charge in [0, 0.05) is 45.4 Å². The highest BCUT2D eigenvalue weighted by atomic mass is 35.5. The molecule has 0 spiro atoms. The van der Waals surface area contributed by atoms with Crippen LogP contribution in [0.2, 0.25) is 10.0 Å². The van der Waals surface area contributed by atoms with E-state index in [1.165, 1.54) is 0 Å². The maximum absolute atomic E-state index is 14.4. The number of rotatable bonds is 4. The van der Waals surface area contributed by atoms with E-state index in [1.54, 1.807) is 25.1 Å². The molecule has 37 heavy (non-hydrogen) atoms. The highest BCUT2D eigenvalue weighted by Gasteiger charge is 2.44. The fourth-order valence-corrected chi connectivity index (χ4v) is 5.78. The van der Waals surface area contributed by atoms with Gasteiger partial charge in [0.15, 0.2) is 5.78 Å². The second-order valence-corrected chi connectivity index (χ2v) is 10.1. The molecule has 1 N–H and O–H groups in total. The van der Waals surface area contributed by atoms with E-state index in [4.69, 9.17) is 28.2 Å². The second kappa shape index (κ2) is 10.2. The summed E-state index contributed by atoms with van der Waals surface area (Å²) in [6, 6.07) is 17.6. The summed E-state index contributed by atoms with van der Waals surface area (Å²) in [6.07, 6.45) is 0.797. The number of hydrogen-bond acceptors (Lipinski definition) is 3. The molecule has 188 valence electrons. The highest BCUT2D eigenvalue weighted by molar-refractivity contribution is 6.35. The van der Waals surface area contributed by atoms with Crippen LogP contribution < -0.4 is 5.32 Å². The first kappa shape index (κ1) is 25.3. The van der Waals surface area contributed by atoms with Crippen LogP contribution in [-0.2, 0) is 9.59 Å². The molecule has 0 aromatic heterocycles. The van der Waals surface area contributed by atoms with Gasteiger partial charge < -0.3 is 5.32 Å². The van der Waals surface area contributed by atoms with Crippen LogP contribution in [0.3, 0.4) is 0 Å². The van der Waals surface area contributed by atoms with Crippen LogP contribution >= 0.6 is 23.2 Å². The molecule has 0 radical (unpaired) electrons. The summed E-state index contributed by atoms with van der Waals surface area (Å²) in [7, 11) is 0. The molecule has 1 unspecified atom stereocenters. The van der Waals surface area contributed by atoms with Crippen molar-refractivity contribution in [3.8, 4) is 0 Å². The van der Waals surface area contributed by atoms with Crippen LogP contribution in [0.25, 0.3) is 0 Å². The number of carbonyl (C=O) groups excluding carboxylic acids is 2. The Labute approximate surface area is 223 Å². The van der Waals surface area contributed by atoms with Gasteiger partial charge in [-0.2, -0.15) is 0 Å². The Bertz CT molecular complexity index is 1470. The molecule has 3 atom stereocenters. The monoisotopic (exact) mass is 538 g/mol. The van der Waals surface area contributed by atoms with Gasteiger partial charge in [0.05, 0.1) is 11.6 Å². The molecule has 5 rings (SSSR count). The number of anilines is 1. The van der Waals surface area contributed by atoms with Crippen molar-refractivity contribution in [2.24, 2.45) is 10.9 Å². The minimum atomic E-state index is -0.945. The number of Topliss-reactive ketones (excluding diaryl/α,β-unsaturated/α-hetero) is 1. The Hall–Kier alpha value is -3.35. The lowest BCUT2D eigenvalue weighted by Gasteiger charge is -2.37. The summed E-state index contributed by atoms with van der Waals surface area (Å²) in [4.78, 5) is 32.0. The fraction of sp³-hybridized carbons (Fsp3) is 0.207. The molecule has 0 saturated carbocycles. The van der Waals surface area contributed by atoms with Crippen LogP contribution in [0.5, 0.6) is 0 Å². The molecule has 3 aromatic rings. The van der Waals surface area contributed by atoms with Crippen molar-refractivity contribution < 1.29 is 18.4 Å². The minimum absolute atomic E-state index is 0.0379. The van der Waals surface area contributed by atoms with E-state index < -0.39 is 29.4 Å². The van der Waals surface area contributed by atoms with E-state index in [9.17, 15) is 18.4 Å². The molecule has 1 heterocycles. The van der Waals surface area contributed by atoms with Crippen molar-refractivity contribution in [1.29, 1.82) is 0 Å². The number of amides is 1. The van der Waals surface area contributed by atoms with Crippen molar-refractivity contribution in [2.75, 3.05) is 5.32 Å². The number of halogens is 4. The largest absolute Gasteiger partial charge is 0.323 e. The number of carbonyl (C=O) groups is 2. The maximum atomic E-state index is 14.4. The Morgan fingerprint density at radius 2 is 1.76 bits per heavy atom. The van der Waals surface area contributed by atoms with Gasteiger partial charge in [0.2, 0.25) is 5.91 Å². The van der Waals surface area contributed by atoms with E-state index in [1.807, 2.05) is 30.3 Å². The van der Waals surface area contributed by atoms with Crippen molar-refractivity contribution in [3.63, 3.8) is 0 Å². The first-order valence-corrected chi connectivity index (χ1v) is 12.6. The number of nitrogens with one attached hydrogen (secondary N) is 1. The predicted octanol–water partition coefficient (Wildman–Crippen LogP) is 7.49. The number of benzene rings is 3. The lowest BCUT2D eigenvalue weighted by molar-refractivity contribution is -0.119. The molecule has 2 aliphatic rings. The van der Waals surface area contributed by atoms with Crippen LogP contribution in [0, 0.1) is 17.6 Å². The third-order valence-corrected chi connectivity index (χ3v) is 7.49. The first-order valence-electron chi connectivity index (χ1n) is 11.8. The molecule has 0 fully saturated rings. The first-order chi connectivity index (χ1) is 17.7. The topological polar surface area (TPSA) is 58.5 Å². The zero-order chi connectivity index (χ0) is 26.3. The molecule has 0 bridgehead atoms. The molecule has 3 aromatic carbocycles. The van der Waals surface area contributed by atoms with Crippen molar-refractivity contribution in [1.82, 2.24) is 0 Å². The maximum Gasteiger partial charge on any atom is 0.234 e. The molecular formula is C29H22Cl2F2N2O2. The third kappa shape index (κ3) is 4.96. The molecule has 1 aliphatic carbocycles. The van der Waals surface area contributed by atoms with E-state index in [2.05, 4.69) is 5.32 Å². The Balaban J connectivity index is 1.59. The zero-order valence-corrected chi connectivity index (χ0v) is 21.3. The number of nitrogens with zero attached hydrogens (tertiary/aromatic N) is 1. The van der Waals surface area contributed by atoms with Crippen molar-refractivity contribution >= 4 is 46.3 Å². The van der Waals surface area contributed by atoms with Crippen LogP contribution in [0.4, 0.5) is 14.5 Å². The van der Waals surface area contributed by atoms with Gasteiger partial charge in [-0.15, -0.1) is 0 Å². The molecule has 0 saturated heterocycles. The third-order valence-electron chi connectivity index (χ3n) is 6.93. The Kier molecular flexibility index (Phi) is 6.97. The van der Waals surface area contributed by atoms with Crippen molar-refractivity contribution in [3.05, 3.63) is 111 Å². The molecule has 4 nitrogen and oxygen atoms in total. The van der Waals surface area contributed by atoms with E-state index >= 15 is 0 Å². The van der Waals surface area contributed by atoms with Gasteiger partial charge in [-0.3, -0.25) is 14.6 Å². The average Bonchev–Trinajstić information content (AvgIpc) is 2.85. The fourth-order valence-electron chi connectivity index (χ4n) is 5.25. The number of aliphatic imine (C=N–C) groups is 1. The highest BCUT2D eigenvalue weighted by Crippen LogP contribution is 2.48. The average molecular weight is 539 g/mol. The van der Waals surface area contributed by atoms with Crippen LogP contribution in [-0.4, -0.2) is 17.4 Å². The number of allylic oxidation sites excluding steroid dienone is 2. The van der Waals surface area contributed by atoms with Gasteiger partial charge >= 0.3 is 0 Å². The van der Waals surface area contributed by atoms with Gasteiger partial charge in [-0.05, 0) is 54.7 Å². The predicted molar refractivity (Wildman–Crippen MR) is 141 cm³/mol. The quantitative estimate of drug-likeness (QED) is 0.374. The van der Waals surface area contributed by atoms with E-state index in [0.717, 1.165) is 17.7 Å².